The van der Waals surface area contributed by atoms with Gasteiger partial charge in [-0.1, -0.05) is 6.07 Å². The van der Waals surface area contributed by atoms with Gasteiger partial charge in [0.2, 0.25) is 0 Å². The lowest BCUT2D eigenvalue weighted by atomic mass is 10.1. The van der Waals surface area contributed by atoms with Crippen molar-refractivity contribution >= 4 is 27.4 Å². The van der Waals surface area contributed by atoms with Gasteiger partial charge in [-0.2, -0.15) is 0 Å². The summed E-state index contributed by atoms with van der Waals surface area (Å²) in [5.41, 5.74) is 0.526. The molecule has 0 saturated carbocycles. The number of thiophene rings is 1. The number of fused-ring (bicyclic) bond motifs is 1. The fourth-order valence-corrected chi connectivity index (χ4v) is 3.27. The van der Waals surface area contributed by atoms with Crippen molar-refractivity contribution in [2.24, 2.45) is 0 Å². The first-order valence-electron chi connectivity index (χ1n) is 6.72. The third-order valence-corrected chi connectivity index (χ3v) is 4.37. The Morgan fingerprint density at radius 3 is 2.95 bits per heavy atom. The van der Waals surface area contributed by atoms with Crippen molar-refractivity contribution in [1.82, 2.24) is 5.32 Å². The Morgan fingerprint density at radius 1 is 1.43 bits per heavy atom. The minimum absolute atomic E-state index is 0.200. The van der Waals surface area contributed by atoms with Gasteiger partial charge >= 0.3 is 5.97 Å². The normalized spacial score (nSPS) is 10.7. The molecule has 0 aliphatic heterocycles. The van der Waals surface area contributed by atoms with E-state index in [0.717, 1.165) is 37.1 Å². The predicted octanol–water partition coefficient (Wildman–Crippen LogP) is 3.63. The van der Waals surface area contributed by atoms with Gasteiger partial charge in [0.25, 0.3) is 0 Å². The summed E-state index contributed by atoms with van der Waals surface area (Å²) in [4.78, 5) is 11.5. The first-order valence-corrected chi connectivity index (χ1v) is 7.54. The number of rotatable bonds is 7. The van der Waals surface area contributed by atoms with E-state index in [1.807, 2.05) is 0 Å². The molecule has 0 aliphatic carbocycles. The second-order valence-electron chi connectivity index (χ2n) is 4.67. The van der Waals surface area contributed by atoms with E-state index in [1.165, 1.54) is 6.07 Å². The summed E-state index contributed by atoms with van der Waals surface area (Å²) in [6.45, 7) is 1.07. The molecule has 0 unspecified atom stereocenters. The highest BCUT2D eigenvalue weighted by atomic mass is 32.1. The van der Waals surface area contributed by atoms with Crippen molar-refractivity contribution in [3.05, 3.63) is 34.5 Å². The summed E-state index contributed by atoms with van der Waals surface area (Å²) >= 11 is 1.11. The number of carboxylic acids is 1. The minimum atomic E-state index is -1.01. The van der Waals surface area contributed by atoms with Crippen LogP contribution in [0.2, 0.25) is 0 Å². The van der Waals surface area contributed by atoms with Crippen LogP contribution in [0.4, 0.5) is 4.39 Å². The van der Waals surface area contributed by atoms with E-state index in [0.29, 0.717) is 22.2 Å². The number of halogens is 1. The zero-order chi connectivity index (χ0) is 15.2. The molecule has 0 aliphatic rings. The Hall–Kier alpha value is -1.90. The van der Waals surface area contributed by atoms with E-state index in [9.17, 15) is 14.3 Å². The second kappa shape index (κ2) is 7.21. The number of terminal acetylenes is 1. The summed E-state index contributed by atoms with van der Waals surface area (Å²) < 4.78 is 14.6. The molecular weight excluding hydrogens is 289 g/mol. The van der Waals surface area contributed by atoms with Gasteiger partial charge in [0.1, 0.15) is 10.7 Å². The van der Waals surface area contributed by atoms with Crippen molar-refractivity contribution in [3.8, 4) is 12.3 Å². The molecule has 2 N–H and O–H groups in total. The van der Waals surface area contributed by atoms with Crippen LogP contribution in [-0.4, -0.2) is 17.6 Å². The topological polar surface area (TPSA) is 49.3 Å². The molecule has 0 atom stereocenters. The molecule has 1 aromatic carbocycles. The minimum Gasteiger partial charge on any atom is -0.477 e. The maximum absolute atomic E-state index is 14.0. The standard InChI is InChI=1S/C16H16FNO2S/c1-2-3-4-5-9-18-10-11-14-12(17)7-6-8-13(14)21-15(11)16(19)20/h1,6-8,18H,3-5,9-10H2,(H,19,20). The van der Waals surface area contributed by atoms with Crippen LogP contribution in [0, 0.1) is 18.2 Å². The van der Waals surface area contributed by atoms with E-state index in [4.69, 9.17) is 6.42 Å². The van der Waals surface area contributed by atoms with E-state index >= 15 is 0 Å². The van der Waals surface area contributed by atoms with Crippen LogP contribution < -0.4 is 5.32 Å². The van der Waals surface area contributed by atoms with Gasteiger partial charge in [-0.05, 0) is 31.5 Å². The molecule has 0 radical (unpaired) electrons. The van der Waals surface area contributed by atoms with Gasteiger partial charge in [-0.25, -0.2) is 9.18 Å². The van der Waals surface area contributed by atoms with Crippen LogP contribution in [0.5, 0.6) is 0 Å². The zero-order valence-electron chi connectivity index (χ0n) is 11.5. The molecule has 0 bridgehead atoms. The van der Waals surface area contributed by atoms with Gasteiger partial charge < -0.3 is 10.4 Å². The molecule has 1 aromatic heterocycles. The van der Waals surface area contributed by atoms with Crippen molar-refractivity contribution in [2.45, 2.75) is 25.8 Å². The van der Waals surface area contributed by atoms with Gasteiger partial charge in [0.15, 0.2) is 0 Å². The Morgan fingerprint density at radius 2 is 2.24 bits per heavy atom. The molecule has 3 nitrogen and oxygen atoms in total. The second-order valence-corrected chi connectivity index (χ2v) is 5.72. The highest BCUT2D eigenvalue weighted by Gasteiger charge is 2.19. The molecule has 0 fully saturated rings. The number of nitrogens with one attached hydrogen (secondary N) is 1. The van der Waals surface area contributed by atoms with E-state index in [2.05, 4.69) is 11.2 Å². The van der Waals surface area contributed by atoms with Crippen molar-refractivity contribution in [3.63, 3.8) is 0 Å². The highest BCUT2D eigenvalue weighted by Crippen LogP contribution is 2.33. The first-order chi connectivity index (χ1) is 10.1. The van der Waals surface area contributed by atoms with E-state index in [1.54, 1.807) is 12.1 Å². The average Bonchev–Trinajstić information content (AvgIpc) is 2.83. The number of carbonyl (C=O) groups is 1. The van der Waals surface area contributed by atoms with Crippen LogP contribution in [0.15, 0.2) is 18.2 Å². The fraction of sp³-hybridized carbons (Fsp3) is 0.312. The Bertz CT molecular complexity index is 687. The third-order valence-electron chi connectivity index (χ3n) is 3.18. The van der Waals surface area contributed by atoms with Gasteiger partial charge in [0.05, 0.1) is 0 Å². The number of unbranched alkanes of at least 4 members (excludes halogenated alkanes) is 2. The lowest BCUT2D eigenvalue weighted by molar-refractivity contribution is 0.0701. The quantitative estimate of drug-likeness (QED) is 0.606. The largest absolute Gasteiger partial charge is 0.477 e. The van der Waals surface area contributed by atoms with Gasteiger partial charge in [0, 0.05) is 28.6 Å². The molecule has 21 heavy (non-hydrogen) atoms. The van der Waals surface area contributed by atoms with Crippen LogP contribution >= 0.6 is 11.3 Å². The summed E-state index contributed by atoms with van der Waals surface area (Å²) in [7, 11) is 0. The number of hydrogen-bond donors (Lipinski definition) is 2. The molecule has 2 rings (SSSR count). The molecule has 110 valence electrons. The number of benzene rings is 1. The number of carboxylic acid groups (broad SMARTS) is 1. The van der Waals surface area contributed by atoms with E-state index in [-0.39, 0.29) is 10.7 Å². The van der Waals surface area contributed by atoms with Crippen molar-refractivity contribution in [2.75, 3.05) is 6.54 Å². The van der Waals surface area contributed by atoms with Gasteiger partial charge in [-0.3, -0.25) is 0 Å². The molecule has 5 heteroatoms. The Labute approximate surface area is 126 Å². The monoisotopic (exact) mass is 305 g/mol. The SMILES string of the molecule is C#CCCCCNCc1c(C(=O)O)sc2cccc(F)c12. The van der Waals surface area contributed by atoms with Crippen LogP contribution in [-0.2, 0) is 6.54 Å². The Kier molecular flexibility index (Phi) is 5.32. The zero-order valence-corrected chi connectivity index (χ0v) is 12.3. The lowest BCUT2D eigenvalue weighted by Crippen LogP contribution is -2.16. The predicted molar refractivity (Wildman–Crippen MR) is 83.1 cm³/mol. The smallest absolute Gasteiger partial charge is 0.346 e. The van der Waals surface area contributed by atoms with Crippen molar-refractivity contribution < 1.29 is 14.3 Å². The van der Waals surface area contributed by atoms with Crippen LogP contribution in [0.1, 0.15) is 34.5 Å². The number of aromatic carboxylic acids is 1. The highest BCUT2D eigenvalue weighted by molar-refractivity contribution is 7.21. The molecular formula is C16H16FNO2S. The van der Waals surface area contributed by atoms with E-state index < -0.39 is 5.97 Å². The summed E-state index contributed by atoms with van der Waals surface area (Å²) in [6.07, 6.45) is 7.75. The molecule has 0 spiro atoms. The average molecular weight is 305 g/mol. The summed E-state index contributed by atoms with van der Waals surface area (Å²) in [5, 5.41) is 12.9. The molecule has 1 heterocycles. The summed E-state index contributed by atoms with van der Waals surface area (Å²) in [6, 6.07) is 4.69. The maximum atomic E-state index is 14.0. The van der Waals surface area contributed by atoms with Gasteiger partial charge in [-0.15, -0.1) is 23.7 Å². The fourth-order valence-electron chi connectivity index (χ4n) is 2.20. The van der Waals surface area contributed by atoms with Crippen molar-refractivity contribution in [1.29, 1.82) is 0 Å². The van der Waals surface area contributed by atoms with Crippen LogP contribution in [0.3, 0.4) is 0 Å². The molecule has 0 amide bonds. The first kappa shape index (κ1) is 15.5. The van der Waals surface area contributed by atoms with Crippen LogP contribution in [0.25, 0.3) is 10.1 Å². The number of hydrogen-bond acceptors (Lipinski definition) is 3. The lowest BCUT2D eigenvalue weighted by Gasteiger charge is -2.05. The third kappa shape index (κ3) is 3.60. The molecule has 2 aromatic rings. The molecule has 0 saturated heterocycles. The maximum Gasteiger partial charge on any atom is 0.346 e. The Balaban J connectivity index is 2.15. The summed E-state index contributed by atoms with van der Waals surface area (Å²) in [5.74, 6) is 1.19.